The Labute approximate surface area is 165 Å². The van der Waals surface area contributed by atoms with Gasteiger partial charge in [-0.1, -0.05) is 11.6 Å². The number of carboxylic acids is 1. The second kappa shape index (κ2) is 11.4. The van der Waals surface area contributed by atoms with Gasteiger partial charge in [0.05, 0.1) is 6.54 Å². The van der Waals surface area contributed by atoms with E-state index in [9.17, 15) is 9.59 Å². The molecule has 1 aromatic rings. The first-order chi connectivity index (χ1) is 11.9. The quantitative estimate of drug-likeness (QED) is 0.731. The van der Waals surface area contributed by atoms with Gasteiger partial charge in [0.25, 0.3) is 0 Å². The van der Waals surface area contributed by atoms with Crippen LogP contribution in [0.1, 0.15) is 25.7 Å². The summed E-state index contributed by atoms with van der Waals surface area (Å²) in [5.41, 5.74) is 0.751. The number of hydrogen-bond donors (Lipinski definition) is 2. The van der Waals surface area contributed by atoms with Gasteiger partial charge in [0.1, 0.15) is 0 Å². The Morgan fingerprint density at radius 1 is 1.27 bits per heavy atom. The number of halogens is 2. The highest BCUT2D eigenvalue weighted by Gasteiger charge is 2.21. The molecule has 146 valence electrons. The number of nitrogens with one attached hydrogen (secondary N) is 1. The summed E-state index contributed by atoms with van der Waals surface area (Å²) in [5.74, 6) is -0.798. The maximum Gasteiger partial charge on any atom is 0.317 e. The SMILES string of the molecule is CN(CC(=O)O)C1CCCN(CCC(=O)Nc2ccc(Cl)cc2)CC1.Cl. The van der Waals surface area contributed by atoms with E-state index in [1.807, 2.05) is 11.9 Å². The van der Waals surface area contributed by atoms with E-state index in [2.05, 4.69) is 10.2 Å². The third kappa shape index (κ3) is 7.91. The highest BCUT2D eigenvalue weighted by atomic mass is 35.5. The predicted molar refractivity (Wildman–Crippen MR) is 106 cm³/mol. The molecule has 0 aliphatic carbocycles. The molecule has 1 atom stereocenters. The van der Waals surface area contributed by atoms with E-state index in [0.717, 1.165) is 44.6 Å². The molecular formula is C18H27Cl2N3O3. The van der Waals surface area contributed by atoms with E-state index in [1.54, 1.807) is 24.3 Å². The van der Waals surface area contributed by atoms with Gasteiger partial charge in [0, 0.05) is 29.7 Å². The first-order valence-electron chi connectivity index (χ1n) is 8.64. The monoisotopic (exact) mass is 403 g/mol. The summed E-state index contributed by atoms with van der Waals surface area (Å²) >= 11 is 5.83. The number of aliphatic carboxylic acids is 1. The van der Waals surface area contributed by atoms with Gasteiger partial charge in [-0.15, -0.1) is 12.4 Å². The molecule has 1 fully saturated rings. The third-order valence-corrected chi connectivity index (χ3v) is 4.83. The minimum absolute atomic E-state index is 0. The van der Waals surface area contributed by atoms with Crippen molar-refractivity contribution in [3.05, 3.63) is 29.3 Å². The second-order valence-corrected chi connectivity index (χ2v) is 6.98. The number of amides is 1. The fraction of sp³-hybridized carbons (Fsp3) is 0.556. The number of anilines is 1. The van der Waals surface area contributed by atoms with E-state index >= 15 is 0 Å². The molecule has 1 aromatic carbocycles. The van der Waals surface area contributed by atoms with Crippen molar-refractivity contribution >= 4 is 41.6 Å². The standard InChI is InChI=1S/C18H26ClN3O3.ClH/c1-21(13-18(24)25)16-3-2-10-22(11-8-16)12-9-17(23)20-15-6-4-14(19)5-7-15;/h4-7,16H,2-3,8-13H2,1H3,(H,20,23)(H,24,25);1H. The molecule has 2 rings (SSSR count). The molecule has 0 radical (unpaired) electrons. The van der Waals surface area contributed by atoms with Crippen LogP contribution in [0.15, 0.2) is 24.3 Å². The number of benzene rings is 1. The number of carbonyl (C=O) groups excluding carboxylic acids is 1. The second-order valence-electron chi connectivity index (χ2n) is 6.54. The number of carbonyl (C=O) groups is 2. The average molecular weight is 404 g/mol. The molecule has 1 saturated heterocycles. The van der Waals surface area contributed by atoms with Gasteiger partial charge in [0.2, 0.25) is 5.91 Å². The topological polar surface area (TPSA) is 72.9 Å². The molecule has 2 N–H and O–H groups in total. The van der Waals surface area contributed by atoms with Crippen LogP contribution in [0.25, 0.3) is 0 Å². The lowest BCUT2D eigenvalue weighted by Crippen LogP contribution is -2.36. The Balaban J connectivity index is 0.00000338. The van der Waals surface area contributed by atoms with Crippen molar-refractivity contribution in [1.82, 2.24) is 9.80 Å². The van der Waals surface area contributed by atoms with Crippen molar-refractivity contribution in [2.75, 3.05) is 38.5 Å². The van der Waals surface area contributed by atoms with Crippen LogP contribution in [0.3, 0.4) is 0 Å². The van der Waals surface area contributed by atoms with Gasteiger partial charge < -0.3 is 15.3 Å². The molecule has 26 heavy (non-hydrogen) atoms. The molecule has 1 aliphatic heterocycles. The molecule has 1 unspecified atom stereocenters. The number of carboxylic acid groups (broad SMARTS) is 1. The van der Waals surface area contributed by atoms with Crippen LogP contribution in [0, 0.1) is 0 Å². The maximum atomic E-state index is 12.1. The third-order valence-electron chi connectivity index (χ3n) is 4.58. The van der Waals surface area contributed by atoms with Crippen LogP contribution in [0.2, 0.25) is 5.02 Å². The van der Waals surface area contributed by atoms with Crippen molar-refractivity contribution in [1.29, 1.82) is 0 Å². The summed E-state index contributed by atoms with van der Waals surface area (Å²) in [6, 6.07) is 7.37. The predicted octanol–water partition coefficient (Wildman–Crippen LogP) is 2.96. The Bertz CT molecular complexity index is 584. The van der Waals surface area contributed by atoms with E-state index in [0.29, 0.717) is 17.5 Å². The van der Waals surface area contributed by atoms with Gasteiger partial charge in [-0.25, -0.2) is 0 Å². The molecular weight excluding hydrogens is 377 g/mol. The fourth-order valence-electron chi connectivity index (χ4n) is 3.16. The van der Waals surface area contributed by atoms with E-state index in [1.165, 1.54) is 0 Å². The summed E-state index contributed by atoms with van der Waals surface area (Å²) in [6.07, 6.45) is 3.39. The molecule has 0 saturated carbocycles. The summed E-state index contributed by atoms with van der Waals surface area (Å²) < 4.78 is 0. The van der Waals surface area contributed by atoms with Crippen LogP contribution < -0.4 is 5.32 Å². The van der Waals surface area contributed by atoms with Crippen molar-refractivity contribution in [2.24, 2.45) is 0 Å². The van der Waals surface area contributed by atoms with Crippen LogP contribution in [-0.4, -0.2) is 66.1 Å². The number of likely N-dealkylation sites (N-methyl/N-ethyl adjacent to an activating group) is 1. The van der Waals surface area contributed by atoms with Crippen molar-refractivity contribution in [2.45, 2.75) is 31.7 Å². The first kappa shape index (κ1) is 22.7. The largest absolute Gasteiger partial charge is 0.480 e. The van der Waals surface area contributed by atoms with E-state index < -0.39 is 5.97 Å². The molecule has 1 amide bonds. The Morgan fingerprint density at radius 3 is 2.62 bits per heavy atom. The molecule has 0 spiro atoms. The Kier molecular flexibility index (Phi) is 9.94. The van der Waals surface area contributed by atoms with Gasteiger partial charge in [-0.2, -0.15) is 0 Å². The van der Waals surface area contributed by atoms with Crippen LogP contribution in [0.4, 0.5) is 5.69 Å². The smallest absolute Gasteiger partial charge is 0.317 e. The molecule has 0 bridgehead atoms. The number of hydrogen-bond acceptors (Lipinski definition) is 4. The zero-order valence-corrected chi connectivity index (χ0v) is 16.6. The summed E-state index contributed by atoms with van der Waals surface area (Å²) in [4.78, 5) is 27.1. The Morgan fingerprint density at radius 2 is 1.96 bits per heavy atom. The van der Waals surface area contributed by atoms with Gasteiger partial charge in [-0.05, 0) is 63.7 Å². The fourth-order valence-corrected chi connectivity index (χ4v) is 3.29. The molecule has 1 heterocycles. The Hall–Kier alpha value is -1.34. The summed E-state index contributed by atoms with van der Waals surface area (Å²) in [7, 11) is 1.87. The maximum absolute atomic E-state index is 12.1. The van der Waals surface area contributed by atoms with Crippen LogP contribution in [0.5, 0.6) is 0 Å². The van der Waals surface area contributed by atoms with Crippen molar-refractivity contribution < 1.29 is 14.7 Å². The zero-order valence-electron chi connectivity index (χ0n) is 15.0. The van der Waals surface area contributed by atoms with Gasteiger partial charge >= 0.3 is 5.97 Å². The lowest BCUT2D eigenvalue weighted by atomic mass is 10.1. The van der Waals surface area contributed by atoms with Gasteiger partial charge in [-0.3, -0.25) is 14.5 Å². The van der Waals surface area contributed by atoms with Crippen LogP contribution >= 0.6 is 24.0 Å². The van der Waals surface area contributed by atoms with E-state index in [-0.39, 0.29) is 24.9 Å². The average Bonchev–Trinajstić information content (AvgIpc) is 2.80. The molecule has 6 nitrogen and oxygen atoms in total. The molecule has 8 heteroatoms. The molecule has 1 aliphatic rings. The summed E-state index contributed by atoms with van der Waals surface area (Å²) in [6.45, 7) is 2.64. The van der Waals surface area contributed by atoms with Crippen LogP contribution in [-0.2, 0) is 9.59 Å². The zero-order chi connectivity index (χ0) is 18.2. The first-order valence-corrected chi connectivity index (χ1v) is 9.01. The highest BCUT2D eigenvalue weighted by Crippen LogP contribution is 2.17. The molecule has 0 aromatic heterocycles. The van der Waals surface area contributed by atoms with Crippen molar-refractivity contribution in [3.63, 3.8) is 0 Å². The van der Waals surface area contributed by atoms with Crippen molar-refractivity contribution in [3.8, 4) is 0 Å². The van der Waals surface area contributed by atoms with Gasteiger partial charge in [0.15, 0.2) is 0 Å². The number of nitrogens with zero attached hydrogens (tertiary/aromatic N) is 2. The highest BCUT2D eigenvalue weighted by molar-refractivity contribution is 6.30. The lowest BCUT2D eigenvalue weighted by molar-refractivity contribution is -0.138. The van der Waals surface area contributed by atoms with E-state index in [4.69, 9.17) is 16.7 Å². The number of rotatable bonds is 7. The number of likely N-dealkylation sites (tertiary alicyclic amines) is 1. The minimum atomic E-state index is -0.789. The normalized spacial score (nSPS) is 18.0. The summed E-state index contributed by atoms with van der Waals surface area (Å²) in [5, 5.41) is 12.4. The lowest BCUT2D eigenvalue weighted by Gasteiger charge is -2.25. The minimum Gasteiger partial charge on any atom is -0.480 e.